The second-order valence-electron chi connectivity index (χ2n) is 10.0. The monoisotopic (exact) mass is 510 g/mol. The SMILES string of the molecule is CCCOC(=O)[C@@H](NCc1ccc2nc(-c3cc(C)c(=O)n(C)c3)n(CC3CCOCC3)c2c1)[C@@H](C)O. The summed E-state index contributed by atoms with van der Waals surface area (Å²) in [5.74, 6) is 0.846. The second kappa shape index (κ2) is 12.0. The number of aliphatic hydroxyl groups is 1. The number of ether oxygens (including phenoxy) is 2. The number of aromatic nitrogens is 3. The van der Waals surface area contributed by atoms with Crippen LogP contribution in [0.1, 0.15) is 44.2 Å². The lowest BCUT2D eigenvalue weighted by Crippen LogP contribution is -2.45. The van der Waals surface area contributed by atoms with E-state index in [9.17, 15) is 14.7 Å². The second-order valence-corrected chi connectivity index (χ2v) is 10.0. The number of fused-ring (bicyclic) bond motifs is 1. The third-order valence-corrected chi connectivity index (χ3v) is 6.93. The highest BCUT2D eigenvalue weighted by atomic mass is 16.5. The molecule has 1 fully saturated rings. The van der Waals surface area contributed by atoms with Gasteiger partial charge in [-0.2, -0.15) is 0 Å². The molecule has 1 aliphatic heterocycles. The number of carbonyl (C=O) groups excluding carboxylic acids is 1. The van der Waals surface area contributed by atoms with E-state index in [-0.39, 0.29) is 5.56 Å². The Morgan fingerprint density at radius 3 is 2.73 bits per heavy atom. The Bertz CT molecular complexity index is 1260. The topological polar surface area (TPSA) is 108 Å². The lowest BCUT2D eigenvalue weighted by molar-refractivity contribution is -0.149. The molecule has 3 heterocycles. The van der Waals surface area contributed by atoms with E-state index < -0.39 is 18.1 Å². The molecule has 2 atom stereocenters. The van der Waals surface area contributed by atoms with Gasteiger partial charge < -0.3 is 23.7 Å². The number of benzene rings is 1. The zero-order valence-corrected chi connectivity index (χ0v) is 22.2. The summed E-state index contributed by atoms with van der Waals surface area (Å²) in [6.45, 7) is 8.38. The predicted molar refractivity (Wildman–Crippen MR) is 142 cm³/mol. The molecular weight excluding hydrogens is 472 g/mol. The van der Waals surface area contributed by atoms with Gasteiger partial charge in [0.25, 0.3) is 5.56 Å². The molecule has 1 saturated heterocycles. The summed E-state index contributed by atoms with van der Waals surface area (Å²) in [5.41, 5.74) is 4.39. The Morgan fingerprint density at radius 1 is 1.30 bits per heavy atom. The summed E-state index contributed by atoms with van der Waals surface area (Å²) in [5, 5.41) is 13.3. The van der Waals surface area contributed by atoms with Crippen LogP contribution in [0.4, 0.5) is 0 Å². The normalized spacial score (nSPS) is 16.1. The highest BCUT2D eigenvalue weighted by Crippen LogP contribution is 2.29. The Labute approximate surface area is 217 Å². The molecule has 0 bridgehead atoms. The fourth-order valence-electron chi connectivity index (χ4n) is 4.84. The lowest BCUT2D eigenvalue weighted by atomic mass is 10.00. The molecule has 0 radical (unpaired) electrons. The van der Waals surface area contributed by atoms with Crippen LogP contribution in [0.15, 0.2) is 35.3 Å². The maximum Gasteiger partial charge on any atom is 0.325 e. The van der Waals surface area contributed by atoms with E-state index in [4.69, 9.17) is 14.5 Å². The van der Waals surface area contributed by atoms with E-state index in [1.54, 1.807) is 18.5 Å². The molecule has 9 nitrogen and oxygen atoms in total. The van der Waals surface area contributed by atoms with E-state index in [1.165, 1.54) is 0 Å². The number of aryl methyl sites for hydroxylation is 2. The third kappa shape index (κ3) is 6.29. The quantitative estimate of drug-likeness (QED) is 0.404. The highest BCUT2D eigenvalue weighted by molar-refractivity contribution is 5.81. The average Bonchev–Trinajstić information content (AvgIpc) is 3.23. The molecule has 1 aromatic carbocycles. The van der Waals surface area contributed by atoms with Crippen molar-refractivity contribution in [2.24, 2.45) is 13.0 Å². The van der Waals surface area contributed by atoms with Crippen LogP contribution in [0.2, 0.25) is 0 Å². The number of hydrogen-bond acceptors (Lipinski definition) is 7. The van der Waals surface area contributed by atoms with Crippen LogP contribution in [0.3, 0.4) is 0 Å². The Balaban J connectivity index is 1.68. The van der Waals surface area contributed by atoms with Gasteiger partial charge in [0.1, 0.15) is 11.9 Å². The summed E-state index contributed by atoms with van der Waals surface area (Å²) >= 11 is 0. The first-order chi connectivity index (χ1) is 17.8. The third-order valence-electron chi connectivity index (χ3n) is 6.93. The molecule has 200 valence electrons. The van der Waals surface area contributed by atoms with Crippen molar-refractivity contribution < 1.29 is 19.4 Å². The van der Waals surface area contributed by atoms with Gasteiger partial charge in [-0.3, -0.25) is 14.9 Å². The Hall–Kier alpha value is -3.01. The Kier molecular flexibility index (Phi) is 8.79. The van der Waals surface area contributed by atoms with E-state index >= 15 is 0 Å². The van der Waals surface area contributed by atoms with Gasteiger partial charge >= 0.3 is 5.97 Å². The molecule has 0 amide bonds. The number of carbonyl (C=O) groups is 1. The minimum Gasteiger partial charge on any atom is -0.464 e. The number of rotatable bonds is 10. The van der Waals surface area contributed by atoms with Gasteiger partial charge in [0, 0.05) is 50.7 Å². The number of aliphatic hydroxyl groups excluding tert-OH is 1. The largest absolute Gasteiger partial charge is 0.464 e. The van der Waals surface area contributed by atoms with Crippen LogP contribution in [0.25, 0.3) is 22.4 Å². The summed E-state index contributed by atoms with van der Waals surface area (Å²) in [4.78, 5) is 29.7. The summed E-state index contributed by atoms with van der Waals surface area (Å²) < 4.78 is 14.7. The molecule has 9 heteroatoms. The van der Waals surface area contributed by atoms with Gasteiger partial charge in [-0.25, -0.2) is 4.98 Å². The van der Waals surface area contributed by atoms with E-state index in [1.807, 2.05) is 38.2 Å². The number of nitrogens with zero attached hydrogens (tertiary/aromatic N) is 3. The van der Waals surface area contributed by atoms with E-state index in [0.29, 0.717) is 24.6 Å². The fraction of sp³-hybridized carbons (Fsp3) is 0.536. The van der Waals surface area contributed by atoms with Gasteiger partial charge in [-0.05, 0) is 62.8 Å². The van der Waals surface area contributed by atoms with Crippen molar-refractivity contribution in [2.75, 3.05) is 19.8 Å². The summed E-state index contributed by atoms with van der Waals surface area (Å²) in [6.07, 6.45) is 3.66. The first-order valence-corrected chi connectivity index (χ1v) is 13.1. The van der Waals surface area contributed by atoms with Crippen LogP contribution < -0.4 is 10.9 Å². The van der Waals surface area contributed by atoms with Gasteiger partial charge in [0.15, 0.2) is 0 Å². The van der Waals surface area contributed by atoms with Crippen molar-refractivity contribution in [1.82, 2.24) is 19.4 Å². The Morgan fingerprint density at radius 2 is 2.05 bits per heavy atom. The molecule has 1 aliphatic rings. The van der Waals surface area contributed by atoms with E-state index in [0.717, 1.165) is 67.0 Å². The zero-order valence-electron chi connectivity index (χ0n) is 22.2. The fourth-order valence-corrected chi connectivity index (χ4v) is 4.84. The van der Waals surface area contributed by atoms with Crippen LogP contribution in [-0.4, -0.2) is 57.2 Å². The molecule has 3 aromatic rings. The molecule has 0 saturated carbocycles. The summed E-state index contributed by atoms with van der Waals surface area (Å²) in [6, 6.07) is 7.15. The highest BCUT2D eigenvalue weighted by Gasteiger charge is 2.25. The number of hydrogen-bond donors (Lipinski definition) is 2. The van der Waals surface area contributed by atoms with Crippen LogP contribution in [-0.2, 0) is 34.4 Å². The number of pyridine rings is 1. The average molecular weight is 511 g/mol. The van der Waals surface area contributed by atoms with Gasteiger partial charge in [0.2, 0.25) is 0 Å². The van der Waals surface area contributed by atoms with Crippen molar-refractivity contribution in [1.29, 1.82) is 0 Å². The molecule has 4 rings (SSSR count). The smallest absolute Gasteiger partial charge is 0.325 e. The molecule has 37 heavy (non-hydrogen) atoms. The van der Waals surface area contributed by atoms with Gasteiger partial charge in [-0.1, -0.05) is 13.0 Å². The van der Waals surface area contributed by atoms with Crippen LogP contribution >= 0.6 is 0 Å². The van der Waals surface area contributed by atoms with Crippen molar-refractivity contribution in [3.63, 3.8) is 0 Å². The first kappa shape index (κ1) is 27.0. The van der Waals surface area contributed by atoms with Gasteiger partial charge in [-0.15, -0.1) is 0 Å². The molecule has 0 aliphatic carbocycles. The van der Waals surface area contributed by atoms with Crippen LogP contribution in [0.5, 0.6) is 0 Å². The van der Waals surface area contributed by atoms with Crippen molar-refractivity contribution in [2.45, 2.75) is 65.3 Å². The van der Waals surface area contributed by atoms with Crippen LogP contribution in [0, 0.1) is 12.8 Å². The van der Waals surface area contributed by atoms with Crippen molar-refractivity contribution >= 4 is 17.0 Å². The first-order valence-electron chi connectivity index (χ1n) is 13.1. The minimum absolute atomic E-state index is 0.0191. The number of imidazole rings is 1. The minimum atomic E-state index is -0.883. The van der Waals surface area contributed by atoms with E-state index in [2.05, 4.69) is 16.0 Å². The zero-order chi connectivity index (χ0) is 26.5. The van der Waals surface area contributed by atoms with Gasteiger partial charge in [0.05, 0.1) is 23.7 Å². The maximum absolute atomic E-state index is 12.4. The lowest BCUT2D eigenvalue weighted by Gasteiger charge is -2.24. The molecular formula is C28H38N4O5. The molecule has 2 N–H and O–H groups in total. The molecule has 0 unspecified atom stereocenters. The standard InChI is InChI=1S/C28H38N4O5/c1-5-10-37-28(35)25(19(3)33)29-15-21-6-7-23-24(14-21)32(16-20-8-11-36-12-9-20)26(30-23)22-13-18(2)27(34)31(4)17-22/h6-7,13-14,17,19-20,25,29,33H,5,8-12,15-16H2,1-4H3/t19-,25+/m1/s1. The van der Waals surface area contributed by atoms with Crippen molar-refractivity contribution in [3.05, 3.63) is 51.9 Å². The summed E-state index contributed by atoms with van der Waals surface area (Å²) in [7, 11) is 1.76. The van der Waals surface area contributed by atoms with Crippen molar-refractivity contribution in [3.8, 4) is 11.4 Å². The maximum atomic E-state index is 12.4. The molecule has 2 aromatic heterocycles. The molecule has 0 spiro atoms. The number of esters is 1. The number of nitrogens with one attached hydrogen (secondary N) is 1. The predicted octanol–water partition coefficient (Wildman–Crippen LogP) is 2.93.